The fourth-order valence-electron chi connectivity index (χ4n) is 1.69. The highest BCUT2D eigenvalue weighted by atomic mass is 16.5. The quantitative estimate of drug-likeness (QED) is 0.703. The summed E-state index contributed by atoms with van der Waals surface area (Å²) in [5.74, 6) is -0.897. The lowest BCUT2D eigenvalue weighted by molar-refractivity contribution is -0.131. The van der Waals surface area contributed by atoms with Crippen LogP contribution in [-0.2, 0) is 9.53 Å². The van der Waals surface area contributed by atoms with Gasteiger partial charge in [0, 0.05) is 32.0 Å². The van der Waals surface area contributed by atoms with Crippen molar-refractivity contribution in [1.82, 2.24) is 4.90 Å². The molecular weight excluding hydrogens is 194 g/mol. The third-order valence-electron chi connectivity index (χ3n) is 2.40. The van der Waals surface area contributed by atoms with E-state index in [1.807, 2.05) is 4.90 Å². The largest absolute Gasteiger partial charge is 0.478 e. The second kappa shape index (κ2) is 6.45. The van der Waals surface area contributed by atoms with Crippen LogP contribution >= 0.6 is 0 Å². The lowest BCUT2D eigenvalue weighted by atomic mass is 10.1. The van der Waals surface area contributed by atoms with Gasteiger partial charge in [0.1, 0.15) is 0 Å². The summed E-state index contributed by atoms with van der Waals surface area (Å²) in [6.45, 7) is 4.62. The normalized spacial score (nSPS) is 22.2. The Bertz CT molecular complexity index is 228. The average Bonchev–Trinajstić information content (AvgIpc) is 2.24. The third-order valence-corrected chi connectivity index (χ3v) is 2.40. The molecule has 4 heteroatoms. The van der Waals surface area contributed by atoms with Crippen molar-refractivity contribution in [3.05, 3.63) is 12.3 Å². The van der Waals surface area contributed by atoms with Gasteiger partial charge in [0.25, 0.3) is 0 Å². The van der Waals surface area contributed by atoms with E-state index < -0.39 is 5.97 Å². The van der Waals surface area contributed by atoms with E-state index >= 15 is 0 Å². The molecule has 86 valence electrons. The number of ether oxygens (including phenoxy) is 1. The maximum Gasteiger partial charge on any atom is 0.329 e. The SMILES string of the molecule is CCCOC1CCCN(C=CC(=O)O)C1. The molecule has 0 amide bonds. The molecule has 1 N–H and O–H groups in total. The number of aliphatic carboxylic acids is 1. The molecule has 0 aromatic heterocycles. The van der Waals surface area contributed by atoms with E-state index in [9.17, 15) is 4.79 Å². The van der Waals surface area contributed by atoms with Crippen LogP contribution in [0.25, 0.3) is 0 Å². The topological polar surface area (TPSA) is 49.8 Å². The number of hydrogen-bond acceptors (Lipinski definition) is 3. The summed E-state index contributed by atoms with van der Waals surface area (Å²) in [5, 5.41) is 8.51. The Morgan fingerprint density at radius 2 is 2.47 bits per heavy atom. The molecule has 0 bridgehead atoms. The number of hydrogen-bond donors (Lipinski definition) is 1. The highest BCUT2D eigenvalue weighted by Gasteiger charge is 2.17. The minimum absolute atomic E-state index is 0.261. The highest BCUT2D eigenvalue weighted by molar-refractivity contribution is 5.79. The molecule has 0 aromatic carbocycles. The first kappa shape index (κ1) is 12.0. The summed E-state index contributed by atoms with van der Waals surface area (Å²) < 4.78 is 5.65. The van der Waals surface area contributed by atoms with Crippen LogP contribution in [0.15, 0.2) is 12.3 Å². The molecule has 1 aliphatic heterocycles. The fourth-order valence-corrected chi connectivity index (χ4v) is 1.69. The Labute approximate surface area is 90.5 Å². The maximum atomic E-state index is 10.4. The number of rotatable bonds is 5. The van der Waals surface area contributed by atoms with Crippen LogP contribution in [0, 0.1) is 0 Å². The van der Waals surface area contributed by atoms with Gasteiger partial charge in [0.2, 0.25) is 0 Å². The number of nitrogens with zero attached hydrogens (tertiary/aromatic N) is 1. The molecule has 0 spiro atoms. The Morgan fingerprint density at radius 3 is 3.13 bits per heavy atom. The van der Waals surface area contributed by atoms with Gasteiger partial charge in [0.15, 0.2) is 0 Å². The number of likely N-dealkylation sites (tertiary alicyclic amines) is 1. The van der Waals surface area contributed by atoms with Gasteiger partial charge in [0.05, 0.1) is 6.10 Å². The number of piperidine rings is 1. The number of carbonyl (C=O) groups is 1. The van der Waals surface area contributed by atoms with Crippen LogP contribution in [0.3, 0.4) is 0 Å². The van der Waals surface area contributed by atoms with E-state index in [1.54, 1.807) is 6.20 Å². The lowest BCUT2D eigenvalue weighted by Crippen LogP contribution is -2.36. The summed E-state index contributed by atoms with van der Waals surface area (Å²) in [7, 11) is 0. The van der Waals surface area contributed by atoms with Crippen molar-refractivity contribution < 1.29 is 14.6 Å². The van der Waals surface area contributed by atoms with Crippen LogP contribution in [-0.4, -0.2) is 41.8 Å². The van der Waals surface area contributed by atoms with Crippen LogP contribution in [0.1, 0.15) is 26.2 Å². The average molecular weight is 213 g/mol. The molecule has 1 atom stereocenters. The molecule has 1 unspecified atom stereocenters. The lowest BCUT2D eigenvalue weighted by Gasteiger charge is -2.31. The van der Waals surface area contributed by atoms with E-state index in [1.165, 1.54) is 6.08 Å². The smallest absolute Gasteiger partial charge is 0.329 e. The third kappa shape index (κ3) is 4.83. The van der Waals surface area contributed by atoms with Gasteiger partial charge >= 0.3 is 5.97 Å². The molecule has 15 heavy (non-hydrogen) atoms. The predicted molar refractivity (Wildman–Crippen MR) is 57.6 cm³/mol. The molecule has 1 aliphatic rings. The van der Waals surface area contributed by atoms with Gasteiger partial charge in [-0.25, -0.2) is 4.79 Å². The Kier molecular flexibility index (Phi) is 5.18. The van der Waals surface area contributed by atoms with Gasteiger partial charge in [-0.3, -0.25) is 0 Å². The van der Waals surface area contributed by atoms with Gasteiger partial charge in [-0.05, 0) is 19.3 Å². The second-order valence-corrected chi connectivity index (χ2v) is 3.78. The van der Waals surface area contributed by atoms with Gasteiger partial charge < -0.3 is 14.7 Å². The predicted octanol–water partition coefficient (Wildman–Crippen LogP) is 1.48. The van der Waals surface area contributed by atoms with Crippen molar-refractivity contribution in [1.29, 1.82) is 0 Å². The van der Waals surface area contributed by atoms with Gasteiger partial charge in [-0.2, -0.15) is 0 Å². The first-order chi connectivity index (χ1) is 7.22. The Balaban J connectivity index is 2.31. The molecule has 4 nitrogen and oxygen atoms in total. The van der Waals surface area contributed by atoms with Crippen molar-refractivity contribution in [2.45, 2.75) is 32.3 Å². The zero-order valence-electron chi connectivity index (χ0n) is 9.19. The van der Waals surface area contributed by atoms with Crippen LogP contribution < -0.4 is 0 Å². The summed E-state index contributed by atoms with van der Waals surface area (Å²) in [4.78, 5) is 12.4. The van der Waals surface area contributed by atoms with Crippen LogP contribution in [0.4, 0.5) is 0 Å². The molecule has 0 saturated carbocycles. The van der Waals surface area contributed by atoms with Gasteiger partial charge in [-0.15, -0.1) is 0 Å². The minimum atomic E-state index is -0.897. The van der Waals surface area contributed by atoms with E-state index in [-0.39, 0.29) is 6.10 Å². The van der Waals surface area contributed by atoms with Crippen LogP contribution in [0.5, 0.6) is 0 Å². The number of carboxylic acids is 1. The minimum Gasteiger partial charge on any atom is -0.478 e. The van der Waals surface area contributed by atoms with Crippen LogP contribution in [0.2, 0.25) is 0 Å². The Morgan fingerprint density at radius 1 is 1.67 bits per heavy atom. The van der Waals surface area contributed by atoms with Crippen molar-refractivity contribution >= 4 is 5.97 Å². The van der Waals surface area contributed by atoms with Crippen molar-refractivity contribution in [3.8, 4) is 0 Å². The molecular formula is C11H19NO3. The summed E-state index contributed by atoms with van der Waals surface area (Å²) in [6, 6.07) is 0. The van der Waals surface area contributed by atoms with E-state index in [4.69, 9.17) is 9.84 Å². The summed E-state index contributed by atoms with van der Waals surface area (Å²) in [5.41, 5.74) is 0. The molecule has 0 aliphatic carbocycles. The summed E-state index contributed by atoms with van der Waals surface area (Å²) in [6.07, 6.45) is 6.26. The molecule has 1 fully saturated rings. The summed E-state index contributed by atoms with van der Waals surface area (Å²) >= 11 is 0. The zero-order chi connectivity index (χ0) is 11.1. The van der Waals surface area contributed by atoms with Crippen molar-refractivity contribution in [2.75, 3.05) is 19.7 Å². The standard InChI is InChI=1S/C11H19NO3/c1-2-8-15-10-4-3-6-12(9-10)7-5-11(13)14/h5,7,10H,2-4,6,8-9H2,1H3,(H,13,14). The molecule has 1 saturated heterocycles. The zero-order valence-corrected chi connectivity index (χ0v) is 9.19. The first-order valence-electron chi connectivity index (χ1n) is 5.49. The number of carboxylic acid groups (broad SMARTS) is 1. The van der Waals surface area contributed by atoms with E-state index in [0.29, 0.717) is 0 Å². The van der Waals surface area contributed by atoms with Crippen molar-refractivity contribution in [3.63, 3.8) is 0 Å². The molecule has 1 rings (SSSR count). The van der Waals surface area contributed by atoms with Crippen molar-refractivity contribution in [2.24, 2.45) is 0 Å². The fraction of sp³-hybridized carbons (Fsp3) is 0.727. The highest BCUT2D eigenvalue weighted by Crippen LogP contribution is 2.13. The van der Waals surface area contributed by atoms with Gasteiger partial charge in [-0.1, -0.05) is 6.92 Å². The van der Waals surface area contributed by atoms with E-state index in [0.717, 1.165) is 39.0 Å². The second-order valence-electron chi connectivity index (χ2n) is 3.78. The maximum absolute atomic E-state index is 10.4. The molecule has 0 aromatic rings. The molecule has 1 heterocycles. The molecule has 0 radical (unpaired) electrons. The Hall–Kier alpha value is -1.03. The first-order valence-corrected chi connectivity index (χ1v) is 5.49. The van der Waals surface area contributed by atoms with E-state index in [2.05, 4.69) is 6.92 Å². The monoisotopic (exact) mass is 213 g/mol.